The van der Waals surface area contributed by atoms with Crippen molar-refractivity contribution in [3.8, 4) is 0 Å². The van der Waals surface area contributed by atoms with Crippen LogP contribution in [0.25, 0.3) is 10.1 Å². The van der Waals surface area contributed by atoms with E-state index in [2.05, 4.69) is 0 Å². The van der Waals surface area contributed by atoms with E-state index in [1.54, 1.807) is 15.7 Å². The second-order valence-electron chi connectivity index (χ2n) is 4.66. The van der Waals surface area contributed by atoms with Crippen molar-refractivity contribution in [3.05, 3.63) is 33.1 Å². The zero-order valence-electron chi connectivity index (χ0n) is 12.4. The van der Waals surface area contributed by atoms with Crippen molar-refractivity contribution in [1.29, 1.82) is 0 Å². The Labute approximate surface area is 122 Å². The number of hydrogen-bond donors (Lipinski definition) is 0. The lowest BCUT2D eigenvalue weighted by atomic mass is 10.1. The third-order valence-electron chi connectivity index (χ3n) is 3.60. The molecule has 0 unspecified atom stereocenters. The highest BCUT2D eigenvalue weighted by Gasteiger charge is 2.22. The van der Waals surface area contributed by atoms with Gasteiger partial charge >= 0.3 is 0 Å². The number of aromatic nitrogens is 1. The lowest BCUT2D eigenvalue weighted by Crippen LogP contribution is -2.31. The molecule has 20 heavy (non-hydrogen) atoms. The molecule has 2 heterocycles. The number of carbonyl (C=O) groups is 1. The lowest BCUT2D eigenvalue weighted by molar-refractivity contribution is 0.0774. The van der Waals surface area contributed by atoms with Crippen LogP contribution in [0, 0.1) is 6.92 Å². The van der Waals surface area contributed by atoms with Gasteiger partial charge in [0.1, 0.15) is 0 Å². The molecule has 0 saturated carbocycles. The van der Waals surface area contributed by atoms with Crippen molar-refractivity contribution >= 4 is 27.3 Å². The molecule has 2 aromatic heterocycles. The number of pyridine rings is 1. The van der Waals surface area contributed by atoms with Crippen LogP contribution in [0.5, 0.6) is 0 Å². The largest absolute Gasteiger partial charge is 0.339 e. The predicted octanol–water partition coefficient (Wildman–Crippen LogP) is 2.87. The zero-order valence-corrected chi connectivity index (χ0v) is 13.2. The number of aryl methyl sites for hydroxylation is 2. The van der Waals surface area contributed by atoms with E-state index in [1.165, 1.54) is 11.3 Å². The molecular formula is C15H20N2O2S. The van der Waals surface area contributed by atoms with Crippen molar-refractivity contribution < 1.29 is 4.79 Å². The third-order valence-corrected chi connectivity index (χ3v) is 4.67. The van der Waals surface area contributed by atoms with Gasteiger partial charge in [0.05, 0.1) is 10.9 Å². The summed E-state index contributed by atoms with van der Waals surface area (Å²) in [5, 5.41) is 0.578. The van der Waals surface area contributed by atoms with Crippen LogP contribution in [0.2, 0.25) is 0 Å². The van der Waals surface area contributed by atoms with Crippen molar-refractivity contribution in [2.24, 2.45) is 0 Å². The molecule has 0 saturated heterocycles. The minimum absolute atomic E-state index is 0.0373. The molecular weight excluding hydrogens is 272 g/mol. The average Bonchev–Trinajstić information content (AvgIpc) is 2.77. The van der Waals surface area contributed by atoms with Crippen molar-refractivity contribution in [2.75, 3.05) is 13.1 Å². The second-order valence-corrected chi connectivity index (χ2v) is 5.91. The Hall–Kier alpha value is -1.62. The smallest absolute Gasteiger partial charge is 0.260 e. The summed E-state index contributed by atoms with van der Waals surface area (Å²) in [5.74, 6) is -0.0373. The van der Waals surface area contributed by atoms with Crippen molar-refractivity contribution in [2.45, 2.75) is 34.2 Å². The zero-order chi connectivity index (χ0) is 14.9. The van der Waals surface area contributed by atoms with Crippen molar-refractivity contribution in [3.63, 3.8) is 0 Å². The van der Waals surface area contributed by atoms with Gasteiger partial charge in [0.2, 0.25) is 0 Å². The summed E-state index contributed by atoms with van der Waals surface area (Å²) in [4.78, 5) is 27.8. The van der Waals surface area contributed by atoms with E-state index < -0.39 is 0 Å². The third kappa shape index (κ3) is 2.26. The minimum Gasteiger partial charge on any atom is -0.339 e. The Morgan fingerprint density at radius 2 is 1.95 bits per heavy atom. The summed E-state index contributed by atoms with van der Waals surface area (Å²) >= 11 is 1.52. The molecule has 0 aromatic carbocycles. The first kappa shape index (κ1) is 14.8. The Bertz CT molecular complexity index is 696. The molecule has 0 radical (unpaired) electrons. The number of thiophene rings is 1. The van der Waals surface area contributed by atoms with Gasteiger partial charge in [-0.05, 0) is 33.8 Å². The molecule has 0 N–H and O–H groups in total. The Morgan fingerprint density at radius 1 is 1.30 bits per heavy atom. The fraction of sp³-hybridized carbons (Fsp3) is 0.467. The maximum absolute atomic E-state index is 12.6. The van der Waals surface area contributed by atoms with Crippen LogP contribution in [0.3, 0.4) is 0 Å². The molecule has 2 aromatic rings. The van der Waals surface area contributed by atoms with Gasteiger partial charge in [0.25, 0.3) is 11.5 Å². The quantitative estimate of drug-likeness (QED) is 0.869. The fourth-order valence-corrected chi connectivity index (χ4v) is 3.48. The highest BCUT2D eigenvalue weighted by atomic mass is 32.1. The van der Waals surface area contributed by atoms with Gasteiger partial charge in [-0.1, -0.05) is 0 Å². The van der Waals surface area contributed by atoms with Crippen LogP contribution in [-0.4, -0.2) is 28.5 Å². The Kier molecular flexibility index (Phi) is 4.28. The average molecular weight is 292 g/mol. The van der Waals surface area contributed by atoms with Crippen molar-refractivity contribution in [1.82, 2.24) is 9.47 Å². The lowest BCUT2D eigenvalue weighted by Gasteiger charge is -2.18. The highest BCUT2D eigenvalue weighted by Crippen LogP contribution is 2.29. The van der Waals surface area contributed by atoms with Crippen LogP contribution < -0.4 is 5.56 Å². The number of carbonyl (C=O) groups excluding carboxylic acids is 1. The number of hydrogen-bond acceptors (Lipinski definition) is 3. The SMILES string of the molecule is CCN(CC)C(=O)c1c(C)sc2ccn(CC)c(=O)c12. The molecule has 0 fully saturated rings. The van der Waals surface area contributed by atoms with Gasteiger partial charge in [-0.2, -0.15) is 0 Å². The van der Waals surface area contributed by atoms with Gasteiger partial charge < -0.3 is 9.47 Å². The van der Waals surface area contributed by atoms with E-state index in [0.717, 1.165) is 9.58 Å². The first-order valence-corrected chi connectivity index (χ1v) is 7.78. The summed E-state index contributed by atoms with van der Waals surface area (Å²) in [5.41, 5.74) is 0.520. The van der Waals surface area contributed by atoms with Crippen LogP contribution in [0.1, 0.15) is 36.0 Å². The fourth-order valence-electron chi connectivity index (χ4n) is 2.44. The van der Waals surface area contributed by atoms with Crippen LogP contribution in [0.4, 0.5) is 0 Å². The number of nitrogens with zero attached hydrogens (tertiary/aromatic N) is 2. The summed E-state index contributed by atoms with van der Waals surface area (Å²) in [7, 11) is 0. The highest BCUT2D eigenvalue weighted by molar-refractivity contribution is 7.19. The standard InChI is InChI=1S/C15H20N2O2S/c1-5-16(6-2)14(18)12-10(4)20-11-8-9-17(7-3)15(19)13(11)12/h8-9H,5-7H2,1-4H3. The van der Waals surface area contributed by atoms with E-state index >= 15 is 0 Å². The summed E-state index contributed by atoms with van der Waals surface area (Å²) < 4.78 is 2.54. The Morgan fingerprint density at radius 3 is 2.50 bits per heavy atom. The molecule has 0 aliphatic rings. The molecule has 0 bridgehead atoms. The van der Waals surface area contributed by atoms with E-state index in [9.17, 15) is 9.59 Å². The molecule has 0 aliphatic carbocycles. The monoisotopic (exact) mass is 292 g/mol. The normalized spacial score (nSPS) is 11.0. The van der Waals surface area contributed by atoms with Gasteiger partial charge in [0, 0.05) is 35.4 Å². The number of amides is 1. The molecule has 0 atom stereocenters. The predicted molar refractivity (Wildman–Crippen MR) is 83.7 cm³/mol. The van der Waals surface area contributed by atoms with Gasteiger partial charge in [-0.15, -0.1) is 11.3 Å². The number of rotatable bonds is 4. The minimum atomic E-state index is -0.0649. The first-order chi connectivity index (χ1) is 9.54. The van der Waals surface area contributed by atoms with Gasteiger partial charge in [-0.3, -0.25) is 9.59 Å². The number of fused-ring (bicyclic) bond motifs is 1. The molecule has 5 heteroatoms. The molecule has 1 amide bonds. The van der Waals surface area contributed by atoms with E-state index in [1.807, 2.05) is 33.8 Å². The molecule has 0 aliphatic heterocycles. The van der Waals surface area contributed by atoms with Crippen LogP contribution >= 0.6 is 11.3 Å². The molecule has 0 spiro atoms. The summed E-state index contributed by atoms with van der Waals surface area (Å²) in [6.07, 6.45) is 1.80. The second kappa shape index (κ2) is 5.79. The maximum Gasteiger partial charge on any atom is 0.260 e. The topological polar surface area (TPSA) is 42.3 Å². The van der Waals surface area contributed by atoms with E-state index in [4.69, 9.17) is 0 Å². The maximum atomic E-state index is 12.6. The molecule has 4 nitrogen and oxygen atoms in total. The van der Waals surface area contributed by atoms with E-state index in [0.29, 0.717) is 30.6 Å². The molecule has 108 valence electrons. The van der Waals surface area contributed by atoms with Gasteiger partial charge in [-0.25, -0.2) is 0 Å². The molecule has 2 rings (SSSR count). The van der Waals surface area contributed by atoms with E-state index in [-0.39, 0.29) is 11.5 Å². The Balaban J connectivity index is 2.72. The summed E-state index contributed by atoms with van der Waals surface area (Å²) in [6.45, 7) is 9.67. The van der Waals surface area contributed by atoms with Crippen LogP contribution in [0.15, 0.2) is 17.1 Å². The van der Waals surface area contributed by atoms with Gasteiger partial charge in [0.15, 0.2) is 0 Å². The summed E-state index contributed by atoms with van der Waals surface area (Å²) in [6, 6.07) is 1.93. The first-order valence-electron chi connectivity index (χ1n) is 6.96. The van der Waals surface area contributed by atoms with Crippen LogP contribution in [-0.2, 0) is 6.54 Å².